The number of halogens is 8. The van der Waals surface area contributed by atoms with Crippen molar-refractivity contribution in [3.8, 4) is 5.75 Å². The molecule has 0 saturated heterocycles. The van der Waals surface area contributed by atoms with Crippen LogP contribution in [0.2, 0.25) is 0 Å². The van der Waals surface area contributed by atoms with Crippen molar-refractivity contribution in [1.29, 1.82) is 0 Å². The molecule has 0 radical (unpaired) electrons. The van der Waals surface area contributed by atoms with Crippen molar-refractivity contribution < 1.29 is 53.4 Å². The first-order chi connectivity index (χ1) is 13.4. The first-order valence-corrected chi connectivity index (χ1v) is 9.81. The van der Waals surface area contributed by atoms with Crippen LogP contribution in [0.5, 0.6) is 5.75 Å². The molecule has 0 amide bonds. The van der Waals surface area contributed by atoms with Gasteiger partial charge < -0.3 is 5.11 Å². The van der Waals surface area contributed by atoms with E-state index in [9.17, 15) is 48.6 Å². The monoisotopic (exact) mass is 486 g/mol. The maximum absolute atomic E-state index is 14.6. The number of aromatic hydroxyl groups is 1. The average molecular weight is 486 g/mol. The van der Waals surface area contributed by atoms with E-state index in [1.807, 2.05) is 0 Å². The topological polar surface area (TPSA) is 63.6 Å². The van der Waals surface area contributed by atoms with Gasteiger partial charge in [-0.05, 0) is 23.0 Å². The van der Waals surface area contributed by atoms with Gasteiger partial charge in [0.1, 0.15) is 5.75 Å². The Hall–Kier alpha value is -1.63. The van der Waals surface area contributed by atoms with Crippen LogP contribution in [0.3, 0.4) is 0 Å². The summed E-state index contributed by atoms with van der Waals surface area (Å²) in [6, 6.07) is 0.846. The largest absolute Gasteiger partial charge is 0.507 e. The van der Waals surface area contributed by atoms with Crippen molar-refractivity contribution in [3.63, 3.8) is 0 Å². The van der Waals surface area contributed by atoms with E-state index in [2.05, 4.69) is 4.74 Å². The molecule has 0 atom stereocenters. The van der Waals surface area contributed by atoms with Crippen molar-refractivity contribution in [2.75, 3.05) is 0 Å². The van der Waals surface area contributed by atoms with Gasteiger partial charge in [-0.15, -0.1) is 0 Å². The van der Waals surface area contributed by atoms with E-state index in [-0.39, 0.29) is 11.1 Å². The summed E-state index contributed by atoms with van der Waals surface area (Å²) < 4.78 is 133. The minimum atomic E-state index is -6.47. The molecule has 0 aliphatic heterocycles. The summed E-state index contributed by atoms with van der Waals surface area (Å²) in [4.78, 5) is 0. The summed E-state index contributed by atoms with van der Waals surface area (Å²) in [5.41, 5.74) is -4.25. The van der Waals surface area contributed by atoms with Gasteiger partial charge >= 0.3 is 23.4 Å². The molecule has 13 heteroatoms. The van der Waals surface area contributed by atoms with Crippen molar-refractivity contribution >= 4 is 10.7 Å². The molecular weight excluding hydrogens is 464 g/mol. The molecule has 1 rings (SSSR count). The lowest BCUT2D eigenvalue weighted by molar-refractivity contribution is -0.459. The van der Waals surface area contributed by atoms with E-state index in [0.29, 0.717) is 12.1 Å². The van der Waals surface area contributed by atoms with Crippen LogP contribution < -0.4 is 0 Å². The number of hydrogen-bond acceptors (Lipinski definition) is 4. The predicted octanol–water partition coefficient (Wildman–Crippen LogP) is 5.49. The highest BCUT2D eigenvalue weighted by atomic mass is 32.2. The van der Waals surface area contributed by atoms with Gasteiger partial charge in [0.2, 0.25) is 10.7 Å². The number of thiol groups is 1. The van der Waals surface area contributed by atoms with E-state index < -0.39 is 56.2 Å². The quantitative estimate of drug-likeness (QED) is 0.413. The molecule has 0 bridgehead atoms. The molecule has 31 heavy (non-hydrogen) atoms. The Labute approximate surface area is 175 Å². The summed E-state index contributed by atoms with van der Waals surface area (Å²) in [6.45, 7) is 8.69. The highest BCUT2D eigenvalue weighted by Gasteiger charge is 2.71. The van der Waals surface area contributed by atoms with Crippen molar-refractivity contribution in [3.05, 3.63) is 28.8 Å². The number of benzene rings is 1. The first-order valence-electron chi connectivity index (χ1n) is 8.64. The SMILES string of the molecule is CC(C)(C)c1cc(C(F)(F)C(F)(F)OC(F)(F)C(F)(F)[SH](=O)=O)cc(C(C)(C)C)c1O. The molecule has 0 aliphatic carbocycles. The van der Waals surface area contributed by atoms with Gasteiger partial charge in [0, 0.05) is 16.7 Å². The van der Waals surface area contributed by atoms with Gasteiger partial charge in [-0.25, -0.2) is 13.2 Å². The number of rotatable bonds is 6. The van der Waals surface area contributed by atoms with Crippen LogP contribution >= 0.6 is 0 Å². The Balaban J connectivity index is 3.73. The van der Waals surface area contributed by atoms with E-state index >= 15 is 0 Å². The van der Waals surface area contributed by atoms with E-state index in [1.165, 1.54) is 41.5 Å². The van der Waals surface area contributed by atoms with Crippen LogP contribution in [0.15, 0.2) is 12.1 Å². The Morgan fingerprint density at radius 1 is 0.742 bits per heavy atom. The maximum atomic E-state index is 14.6. The van der Waals surface area contributed by atoms with Gasteiger partial charge in [-0.2, -0.15) is 35.1 Å². The van der Waals surface area contributed by atoms with Gasteiger partial charge in [-0.1, -0.05) is 41.5 Å². The lowest BCUT2D eigenvalue weighted by Crippen LogP contribution is -2.52. The molecule has 0 aliphatic rings. The summed E-state index contributed by atoms with van der Waals surface area (Å²) >= 11 is 0. The third kappa shape index (κ3) is 5.07. The predicted molar refractivity (Wildman–Crippen MR) is 95.6 cm³/mol. The van der Waals surface area contributed by atoms with Crippen LogP contribution in [-0.4, -0.2) is 31.0 Å². The molecule has 0 unspecified atom stereocenters. The summed E-state index contributed by atoms with van der Waals surface area (Å²) in [7, 11) is -5.34. The van der Waals surface area contributed by atoms with Crippen molar-refractivity contribution in [2.45, 2.75) is 75.8 Å². The lowest BCUT2D eigenvalue weighted by Gasteiger charge is -2.33. The number of phenols is 1. The van der Waals surface area contributed by atoms with E-state index in [1.54, 1.807) is 0 Å². The lowest BCUT2D eigenvalue weighted by atomic mass is 9.77. The van der Waals surface area contributed by atoms with E-state index in [4.69, 9.17) is 0 Å². The molecule has 0 aromatic heterocycles. The number of ether oxygens (including phenoxy) is 1. The van der Waals surface area contributed by atoms with Crippen LogP contribution in [0.25, 0.3) is 0 Å². The summed E-state index contributed by atoms with van der Waals surface area (Å²) in [5.74, 6) is -6.11. The Kier molecular flexibility index (Phi) is 6.85. The molecular formula is C18H22F8O4S. The number of phenolic OH excluding ortho intramolecular Hbond substituents is 1. The van der Waals surface area contributed by atoms with Crippen molar-refractivity contribution in [1.82, 2.24) is 0 Å². The van der Waals surface area contributed by atoms with Gasteiger partial charge in [0.25, 0.3) is 0 Å². The molecule has 0 saturated carbocycles. The highest BCUT2D eigenvalue weighted by Crippen LogP contribution is 2.51. The smallest absolute Gasteiger partial charge is 0.439 e. The first kappa shape index (κ1) is 27.4. The second-order valence-corrected chi connectivity index (χ2v) is 10.0. The van der Waals surface area contributed by atoms with Crippen LogP contribution in [0.1, 0.15) is 58.2 Å². The van der Waals surface area contributed by atoms with Gasteiger partial charge in [0.15, 0.2) is 0 Å². The third-order valence-corrected chi connectivity index (χ3v) is 5.01. The highest BCUT2D eigenvalue weighted by molar-refractivity contribution is 7.73. The molecule has 180 valence electrons. The van der Waals surface area contributed by atoms with Crippen molar-refractivity contribution in [2.24, 2.45) is 0 Å². The molecule has 1 aromatic rings. The van der Waals surface area contributed by atoms with Gasteiger partial charge in [0.05, 0.1) is 0 Å². The number of alkyl halides is 8. The zero-order valence-electron chi connectivity index (χ0n) is 17.3. The zero-order chi connectivity index (χ0) is 25.0. The summed E-state index contributed by atoms with van der Waals surface area (Å²) in [5, 5.41) is 4.28. The molecule has 0 fully saturated rings. The Bertz CT molecular complexity index is 869. The van der Waals surface area contributed by atoms with Crippen LogP contribution in [-0.2, 0) is 32.2 Å². The second-order valence-electron chi connectivity index (χ2n) is 8.93. The van der Waals surface area contributed by atoms with E-state index in [0.717, 1.165) is 0 Å². The molecule has 0 spiro atoms. The van der Waals surface area contributed by atoms with Gasteiger partial charge in [-0.3, -0.25) is 0 Å². The maximum Gasteiger partial charge on any atom is 0.439 e. The molecule has 1 N–H and O–H groups in total. The minimum absolute atomic E-state index is 0.245. The fourth-order valence-corrected chi connectivity index (χ4v) is 2.78. The normalized spacial score (nSPS) is 14.9. The van der Waals surface area contributed by atoms with Crippen LogP contribution in [0.4, 0.5) is 35.1 Å². The molecule has 0 heterocycles. The fourth-order valence-electron chi connectivity index (χ4n) is 2.52. The zero-order valence-corrected chi connectivity index (χ0v) is 18.2. The summed E-state index contributed by atoms with van der Waals surface area (Å²) in [6.07, 6.45) is -12.7. The minimum Gasteiger partial charge on any atom is -0.507 e. The molecule has 4 nitrogen and oxygen atoms in total. The fraction of sp³-hybridized carbons (Fsp3) is 0.667. The molecule has 1 aromatic carbocycles. The standard InChI is InChI=1S/C18H22F8O4S/c1-13(2,3)10-7-9(8-11(12(10)27)14(4,5)6)15(19,20)16(21,22)30-17(23,24)18(25,26)31(28)29/h7-8,27,31H,1-6H3. The Morgan fingerprint density at radius 2 is 1.10 bits per heavy atom. The Morgan fingerprint density at radius 3 is 1.39 bits per heavy atom. The average Bonchev–Trinajstić information content (AvgIpc) is 2.50. The third-order valence-electron chi connectivity index (χ3n) is 4.29. The second kappa shape index (κ2) is 7.75. The number of hydrogen-bond donors (Lipinski definition) is 2. The van der Waals surface area contributed by atoms with Crippen LogP contribution in [0, 0.1) is 0 Å².